The third kappa shape index (κ3) is 3.24. The number of benzene rings is 2. The summed E-state index contributed by atoms with van der Waals surface area (Å²) >= 11 is 13.8. The monoisotopic (exact) mass is 498 g/mol. The molecule has 5 heteroatoms. The van der Waals surface area contributed by atoms with E-state index in [1.54, 1.807) is 12.1 Å². The van der Waals surface area contributed by atoms with Crippen LogP contribution in [0.2, 0.25) is 0 Å². The van der Waals surface area contributed by atoms with Gasteiger partial charge in [0, 0.05) is 8.95 Å². The maximum Gasteiger partial charge on any atom is 0.137 e. The van der Waals surface area contributed by atoms with Gasteiger partial charge in [0.05, 0.1) is 9.30 Å². The Hall–Kier alpha value is 0.290. The predicted octanol–water partition coefficient (Wildman–Crippen LogP) is 6.60. The molecule has 0 bridgehead atoms. The van der Waals surface area contributed by atoms with Gasteiger partial charge in [-0.25, -0.2) is 4.39 Å². The minimum absolute atomic E-state index is 0.0110. The second-order valence-electron chi connectivity index (χ2n) is 3.70. The van der Waals surface area contributed by atoms with Crippen molar-refractivity contribution in [3.63, 3.8) is 0 Å². The topological polar surface area (TPSA) is 0 Å². The van der Waals surface area contributed by atoms with Crippen LogP contribution >= 0.6 is 63.7 Å². The quantitative estimate of drug-likeness (QED) is 0.407. The number of alkyl halides is 1. The van der Waals surface area contributed by atoms with Crippen LogP contribution in [0.5, 0.6) is 0 Å². The summed E-state index contributed by atoms with van der Waals surface area (Å²) in [6, 6.07) is 11.0. The van der Waals surface area contributed by atoms with Crippen LogP contribution in [0.3, 0.4) is 0 Å². The molecule has 0 aliphatic rings. The molecule has 2 aromatic rings. The zero-order valence-corrected chi connectivity index (χ0v) is 15.3. The fraction of sp³-hybridized carbons (Fsp3) is 0.0769. The van der Waals surface area contributed by atoms with Gasteiger partial charge in [0.25, 0.3) is 0 Å². The first-order valence-corrected chi connectivity index (χ1v) is 8.32. The van der Waals surface area contributed by atoms with Crippen LogP contribution in [-0.2, 0) is 0 Å². The molecule has 0 saturated heterocycles. The zero-order chi connectivity index (χ0) is 13.3. The first-order chi connectivity index (χ1) is 8.49. The molecule has 2 rings (SSSR count). The van der Waals surface area contributed by atoms with E-state index >= 15 is 0 Å². The molecule has 0 spiro atoms. The van der Waals surface area contributed by atoms with Gasteiger partial charge in [-0.1, -0.05) is 59.9 Å². The maximum absolute atomic E-state index is 13.2. The first kappa shape index (κ1) is 14.7. The van der Waals surface area contributed by atoms with Crippen molar-refractivity contribution in [2.45, 2.75) is 4.83 Å². The Balaban J connectivity index is 2.41. The molecule has 0 aromatic heterocycles. The summed E-state index contributed by atoms with van der Waals surface area (Å²) in [4.78, 5) is 0.0110. The summed E-state index contributed by atoms with van der Waals surface area (Å²) in [7, 11) is 0. The Bertz CT molecular complexity index is 583. The number of halogens is 5. The van der Waals surface area contributed by atoms with E-state index in [0.717, 1.165) is 20.1 Å². The van der Waals surface area contributed by atoms with Crippen molar-refractivity contribution in [1.82, 2.24) is 0 Å². The summed E-state index contributed by atoms with van der Waals surface area (Å²) in [6.45, 7) is 0. The molecular formula is C13H7Br4F. The molecular weight excluding hydrogens is 495 g/mol. The van der Waals surface area contributed by atoms with Crippen LogP contribution in [0.25, 0.3) is 0 Å². The summed E-state index contributed by atoms with van der Waals surface area (Å²) < 4.78 is 15.7. The van der Waals surface area contributed by atoms with Crippen LogP contribution in [0.1, 0.15) is 16.0 Å². The molecule has 0 aliphatic carbocycles. The van der Waals surface area contributed by atoms with E-state index in [0.29, 0.717) is 4.47 Å². The number of hydrogen-bond donors (Lipinski definition) is 0. The van der Waals surface area contributed by atoms with Crippen LogP contribution in [-0.4, -0.2) is 0 Å². The van der Waals surface area contributed by atoms with Crippen molar-refractivity contribution in [2.75, 3.05) is 0 Å². The van der Waals surface area contributed by atoms with E-state index in [1.165, 1.54) is 6.07 Å². The second kappa shape index (κ2) is 6.16. The van der Waals surface area contributed by atoms with Crippen molar-refractivity contribution in [2.24, 2.45) is 0 Å². The first-order valence-electron chi connectivity index (χ1n) is 5.03. The normalized spacial score (nSPS) is 12.5. The van der Waals surface area contributed by atoms with E-state index in [1.807, 2.05) is 18.2 Å². The van der Waals surface area contributed by atoms with Gasteiger partial charge in [0.2, 0.25) is 0 Å². The Morgan fingerprint density at radius 1 is 0.889 bits per heavy atom. The molecule has 0 amide bonds. The van der Waals surface area contributed by atoms with E-state index in [4.69, 9.17) is 0 Å². The largest absolute Gasteiger partial charge is 0.206 e. The van der Waals surface area contributed by atoms with Gasteiger partial charge in [-0.15, -0.1) is 0 Å². The molecule has 94 valence electrons. The van der Waals surface area contributed by atoms with Crippen molar-refractivity contribution < 1.29 is 4.39 Å². The molecule has 1 unspecified atom stereocenters. The average Bonchev–Trinajstić information content (AvgIpc) is 2.32. The third-order valence-electron chi connectivity index (χ3n) is 2.47. The van der Waals surface area contributed by atoms with Crippen molar-refractivity contribution in [1.29, 1.82) is 0 Å². The van der Waals surface area contributed by atoms with Gasteiger partial charge >= 0.3 is 0 Å². The predicted molar refractivity (Wildman–Crippen MR) is 86.7 cm³/mol. The van der Waals surface area contributed by atoms with E-state index < -0.39 is 0 Å². The van der Waals surface area contributed by atoms with Crippen molar-refractivity contribution >= 4 is 63.7 Å². The van der Waals surface area contributed by atoms with Gasteiger partial charge in [-0.2, -0.15) is 0 Å². The molecule has 0 saturated carbocycles. The molecule has 0 N–H and O–H groups in total. The highest BCUT2D eigenvalue weighted by atomic mass is 79.9. The SMILES string of the molecule is Fc1ccc(C(Br)c2ccc(Br)cc2Br)cc1Br. The maximum atomic E-state index is 13.2. The summed E-state index contributed by atoms with van der Waals surface area (Å²) in [6.07, 6.45) is 0. The lowest BCUT2D eigenvalue weighted by molar-refractivity contribution is 0.620. The number of hydrogen-bond acceptors (Lipinski definition) is 0. The van der Waals surface area contributed by atoms with Crippen LogP contribution < -0.4 is 0 Å². The van der Waals surface area contributed by atoms with E-state index in [9.17, 15) is 4.39 Å². The molecule has 0 aliphatic heterocycles. The summed E-state index contributed by atoms with van der Waals surface area (Å²) in [5.41, 5.74) is 2.09. The van der Waals surface area contributed by atoms with Gasteiger partial charge in [-0.3, -0.25) is 0 Å². The van der Waals surface area contributed by atoms with E-state index in [2.05, 4.69) is 63.7 Å². The minimum Gasteiger partial charge on any atom is -0.206 e. The molecule has 0 radical (unpaired) electrons. The Morgan fingerprint density at radius 3 is 2.22 bits per heavy atom. The number of rotatable bonds is 2. The highest BCUT2D eigenvalue weighted by Crippen LogP contribution is 2.37. The highest BCUT2D eigenvalue weighted by molar-refractivity contribution is 9.11. The lowest BCUT2D eigenvalue weighted by Gasteiger charge is -2.13. The average molecular weight is 502 g/mol. The molecule has 1 atom stereocenters. The van der Waals surface area contributed by atoms with Crippen LogP contribution in [0.4, 0.5) is 4.39 Å². The molecule has 18 heavy (non-hydrogen) atoms. The second-order valence-corrected chi connectivity index (χ2v) is 7.24. The lowest BCUT2D eigenvalue weighted by Crippen LogP contribution is -1.95. The minimum atomic E-state index is -0.256. The summed E-state index contributed by atoms with van der Waals surface area (Å²) in [5.74, 6) is -0.256. The summed E-state index contributed by atoms with van der Waals surface area (Å²) in [5, 5.41) is 0. The lowest BCUT2D eigenvalue weighted by atomic mass is 10.1. The van der Waals surface area contributed by atoms with Gasteiger partial charge in [-0.05, 0) is 51.3 Å². The Kier molecular flexibility index (Phi) is 5.03. The van der Waals surface area contributed by atoms with Crippen molar-refractivity contribution in [3.05, 3.63) is 66.8 Å². The Labute approximate surface area is 138 Å². The molecule has 2 aromatic carbocycles. The van der Waals surface area contributed by atoms with E-state index in [-0.39, 0.29) is 10.6 Å². The van der Waals surface area contributed by atoms with Gasteiger partial charge in [0.15, 0.2) is 0 Å². The van der Waals surface area contributed by atoms with Gasteiger partial charge in [0.1, 0.15) is 5.82 Å². The molecule has 0 fully saturated rings. The highest BCUT2D eigenvalue weighted by Gasteiger charge is 2.15. The standard InChI is InChI=1S/C13H7Br4F/c14-8-2-3-9(10(15)6-8)13(17)7-1-4-12(18)11(16)5-7/h1-6,13H. The zero-order valence-electron chi connectivity index (χ0n) is 8.93. The molecule has 0 nitrogen and oxygen atoms in total. The smallest absolute Gasteiger partial charge is 0.137 e. The van der Waals surface area contributed by atoms with Crippen molar-refractivity contribution in [3.8, 4) is 0 Å². The Morgan fingerprint density at radius 2 is 1.61 bits per heavy atom. The fourth-order valence-corrected chi connectivity index (χ4v) is 4.22. The van der Waals surface area contributed by atoms with Gasteiger partial charge < -0.3 is 0 Å². The molecule has 0 heterocycles. The van der Waals surface area contributed by atoms with Crippen LogP contribution in [0, 0.1) is 5.82 Å². The fourth-order valence-electron chi connectivity index (χ4n) is 1.56. The van der Waals surface area contributed by atoms with Crippen LogP contribution in [0.15, 0.2) is 49.8 Å². The third-order valence-corrected chi connectivity index (χ3v) is 5.28.